The number of benzene rings is 2. The van der Waals surface area contributed by atoms with Gasteiger partial charge in [-0.15, -0.1) is 10.2 Å². The van der Waals surface area contributed by atoms with E-state index in [0.29, 0.717) is 6.54 Å². The van der Waals surface area contributed by atoms with Crippen LogP contribution >= 0.6 is 11.8 Å². The Bertz CT molecular complexity index is 1220. The van der Waals surface area contributed by atoms with Crippen LogP contribution in [0.3, 0.4) is 0 Å². The number of hydrogen-bond donors (Lipinski definition) is 1. The van der Waals surface area contributed by atoms with Gasteiger partial charge in [0.2, 0.25) is 5.91 Å². The van der Waals surface area contributed by atoms with Gasteiger partial charge in [-0.3, -0.25) is 9.36 Å². The molecule has 7 rings (SSSR count). The third-order valence-electron chi connectivity index (χ3n) is 8.42. The van der Waals surface area contributed by atoms with Gasteiger partial charge in [-0.05, 0) is 93.0 Å². The van der Waals surface area contributed by atoms with Gasteiger partial charge in [0.25, 0.3) is 0 Å². The van der Waals surface area contributed by atoms with Crippen molar-refractivity contribution in [2.24, 2.45) is 23.2 Å². The molecule has 1 aromatic heterocycles. The lowest BCUT2D eigenvalue weighted by Gasteiger charge is -2.55. The Morgan fingerprint density at radius 1 is 1.06 bits per heavy atom. The Balaban J connectivity index is 1.22. The van der Waals surface area contributed by atoms with Crippen LogP contribution in [-0.4, -0.2) is 27.8 Å². The minimum absolute atomic E-state index is 0.159. The highest BCUT2D eigenvalue weighted by molar-refractivity contribution is 7.98. The average molecular weight is 503 g/mol. The zero-order valence-electron chi connectivity index (χ0n) is 21.1. The van der Waals surface area contributed by atoms with E-state index < -0.39 is 0 Å². The fourth-order valence-corrected chi connectivity index (χ4v) is 8.02. The predicted molar refractivity (Wildman–Crippen MR) is 141 cm³/mol. The standard InChI is InChI=1S/C29H34N4O2S/c1-19-6-8-24(9-7-19)33-26(31-32-28(33)36-18-20-4-3-5-25(13-20)35-2)17-30-27(34)29-14-21-10-22(15-29)12-23(11-21)16-29/h3-9,13,21-23H,10-12,14-18H2,1-2H3,(H,30,34). The molecule has 0 aliphatic heterocycles. The molecular weight excluding hydrogens is 468 g/mol. The highest BCUT2D eigenvalue weighted by Crippen LogP contribution is 2.60. The number of nitrogens with zero attached hydrogens (tertiary/aromatic N) is 3. The molecule has 4 aliphatic carbocycles. The average Bonchev–Trinajstić information content (AvgIpc) is 3.28. The van der Waals surface area contributed by atoms with Crippen LogP contribution in [0.1, 0.15) is 55.5 Å². The van der Waals surface area contributed by atoms with Gasteiger partial charge < -0.3 is 10.1 Å². The van der Waals surface area contributed by atoms with Crippen molar-refractivity contribution in [3.8, 4) is 11.4 Å². The van der Waals surface area contributed by atoms with Crippen LogP contribution in [0.4, 0.5) is 0 Å². The number of thioether (sulfide) groups is 1. The van der Waals surface area contributed by atoms with Gasteiger partial charge in [0.15, 0.2) is 11.0 Å². The smallest absolute Gasteiger partial charge is 0.226 e. The first-order valence-corrected chi connectivity index (χ1v) is 14.1. The molecule has 1 amide bonds. The molecule has 0 atom stereocenters. The number of aryl methyl sites for hydroxylation is 1. The van der Waals surface area contributed by atoms with Crippen molar-refractivity contribution in [2.75, 3.05) is 7.11 Å². The summed E-state index contributed by atoms with van der Waals surface area (Å²) < 4.78 is 7.46. The molecule has 7 heteroatoms. The minimum atomic E-state index is -0.159. The van der Waals surface area contributed by atoms with Crippen LogP contribution in [0.2, 0.25) is 0 Å². The summed E-state index contributed by atoms with van der Waals surface area (Å²) in [7, 11) is 1.68. The number of carbonyl (C=O) groups excluding carboxylic acids is 1. The summed E-state index contributed by atoms with van der Waals surface area (Å²) in [6.07, 6.45) is 7.21. The summed E-state index contributed by atoms with van der Waals surface area (Å²) in [6, 6.07) is 16.5. The van der Waals surface area contributed by atoms with E-state index in [1.807, 2.05) is 18.2 Å². The van der Waals surface area contributed by atoms with Crippen LogP contribution in [0, 0.1) is 30.1 Å². The summed E-state index contributed by atoms with van der Waals surface area (Å²) in [5.74, 6) is 4.84. The lowest BCUT2D eigenvalue weighted by atomic mass is 9.49. The van der Waals surface area contributed by atoms with E-state index in [1.54, 1.807) is 18.9 Å². The van der Waals surface area contributed by atoms with Gasteiger partial charge in [-0.2, -0.15) is 0 Å². The largest absolute Gasteiger partial charge is 0.497 e. The lowest BCUT2D eigenvalue weighted by molar-refractivity contribution is -0.146. The second kappa shape index (κ2) is 9.58. The zero-order chi connectivity index (χ0) is 24.7. The van der Waals surface area contributed by atoms with E-state index in [4.69, 9.17) is 4.74 Å². The van der Waals surface area contributed by atoms with E-state index in [2.05, 4.69) is 57.3 Å². The lowest BCUT2D eigenvalue weighted by Crippen LogP contribution is -2.53. The van der Waals surface area contributed by atoms with Gasteiger partial charge in [0.05, 0.1) is 13.7 Å². The van der Waals surface area contributed by atoms with Gasteiger partial charge in [-0.25, -0.2) is 0 Å². The summed E-state index contributed by atoms with van der Waals surface area (Å²) in [5.41, 5.74) is 3.22. The summed E-state index contributed by atoms with van der Waals surface area (Å²) in [6.45, 7) is 2.47. The fraction of sp³-hybridized carbons (Fsp3) is 0.483. The van der Waals surface area contributed by atoms with Gasteiger partial charge in [0, 0.05) is 16.9 Å². The first kappa shape index (κ1) is 23.6. The van der Waals surface area contributed by atoms with Crippen LogP contribution in [0.25, 0.3) is 5.69 Å². The number of methoxy groups -OCH3 is 1. The first-order valence-electron chi connectivity index (χ1n) is 13.1. The molecule has 0 unspecified atom stereocenters. The third kappa shape index (κ3) is 4.54. The minimum Gasteiger partial charge on any atom is -0.497 e. The molecule has 4 bridgehead atoms. The number of rotatable bonds is 8. The van der Waals surface area contributed by atoms with Crippen molar-refractivity contribution in [3.05, 3.63) is 65.5 Å². The third-order valence-corrected chi connectivity index (χ3v) is 9.42. The van der Waals surface area contributed by atoms with E-state index in [1.165, 1.54) is 24.8 Å². The van der Waals surface area contributed by atoms with Crippen molar-refractivity contribution in [1.29, 1.82) is 0 Å². The molecule has 4 aliphatic rings. The molecule has 0 spiro atoms. The maximum absolute atomic E-state index is 13.6. The monoisotopic (exact) mass is 502 g/mol. The number of ether oxygens (including phenoxy) is 1. The molecule has 2 aromatic carbocycles. The molecule has 1 N–H and O–H groups in total. The molecule has 188 valence electrons. The quantitative estimate of drug-likeness (QED) is 0.400. The molecule has 6 nitrogen and oxygen atoms in total. The van der Waals surface area contributed by atoms with E-state index in [-0.39, 0.29) is 11.3 Å². The maximum atomic E-state index is 13.6. The molecule has 0 saturated heterocycles. The predicted octanol–water partition coefficient (Wildman–Crippen LogP) is 5.71. The van der Waals surface area contributed by atoms with E-state index >= 15 is 0 Å². The normalized spacial score (nSPS) is 26.2. The molecule has 4 fully saturated rings. The number of nitrogens with one attached hydrogen (secondary N) is 1. The van der Waals surface area contributed by atoms with E-state index in [0.717, 1.165) is 70.8 Å². The fourth-order valence-electron chi connectivity index (χ4n) is 7.11. The van der Waals surface area contributed by atoms with Gasteiger partial charge >= 0.3 is 0 Å². The van der Waals surface area contributed by atoms with Crippen LogP contribution in [0.15, 0.2) is 53.7 Å². The van der Waals surface area contributed by atoms with Crippen LogP contribution in [0.5, 0.6) is 5.75 Å². The van der Waals surface area contributed by atoms with Crippen molar-refractivity contribution in [2.45, 2.75) is 62.9 Å². The Morgan fingerprint density at radius 2 is 1.75 bits per heavy atom. The molecule has 1 heterocycles. The Kier molecular flexibility index (Phi) is 6.28. The van der Waals surface area contributed by atoms with Crippen LogP contribution < -0.4 is 10.1 Å². The summed E-state index contributed by atoms with van der Waals surface area (Å²) in [5, 5.41) is 13.2. The highest BCUT2D eigenvalue weighted by atomic mass is 32.2. The first-order chi connectivity index (χ1) is 17.5. The summed E-state index contributed by atoms with van der Waals surface area (Å²) >= 11 is 1.64. The summed E-state index contributed by atoms with van der Waals surface area (Å²) in [4.78, 5) is 13.6. The Hall–Kier alpha value is -2.80. The molecule has 36 heavy (non-hydrogen) atoms. The second-order valence-electron chi connectivity index (χ2n) is 11.1. The molecular formula is C29H34N4O2S. The van der Waals surface area contributed by atoms with Gasteiger partial charge in [0.1, 0.15) is 5.75 Å². The number of carbonyl (C=O) groups is 1. The topological polar surface area (TPSA) is 69.0 Å². The molecule has 3 aromatic rings. The maximum Gasteiger partial charge on any atom is 0.226 e. The van der Waals surface area contributed by atoms with Crippen LogP contribution in [-0.2, 0) is 17.1 Å². The van der Waals surface area contributed by atoms with Gasteiger partial charge in [-0.1, -0.05) is 41.6 Å². The Morgan fingerprint density at radius 3 is 2.42 bits per heavy atom. The van der Waals surface area contributed by atoms with Crippen molar-refractivity contribution >= 4 is 17.7 Å². The van der Waals surface area contributed by atoms with Crippen molar-refractivity contribution < 1.29 is 9.53 Å². The number of amides is 1. The number of hydrogen-bond acceptors (Lipinski definition) is 5. The van der Waals surface area contributed by atoms with Crippen molar-refractivity contribution in [1.82, 2.24) is 20.1 Å². The molecule has 0 radical (unpaired) electrons. The molecule has 4 saturated carbocycles. The highest BCUT2D eigenvalue weighted by Gasteiger charge is 2.54. The second-order valence-corrected chi connectivity index (χ2v) is 12.0. The number of aromatic nitrogens is 3. The Labute approximate surface area is 217 Å². The van der Waals surface area contributed by atoms with E-state index in [9.17, 15) is 4.79 Å². The van der Waals surface area contributed by atoms with Crippen molar-refractivity contribution in [3.63, 3.8) is 0 Å². The zero-order valence-corrected chi connectivity index (χ0v) is 21.9. The SMILES string of the molecule is COc1cccc(CSc2nnc(CNC(=O)C34CC5CC(CC(C5)C3)C4)n2-c2ccc(C)cc2)c1.